The highest BCUT2D eigenvalue weighted by molar-refractivity contribution is 7.89. The highest BCUT2D eigenvalue weighted by Crippen LogP contribution is 2.24. The zero-order valence-corrected chi connectivity index (χ0v) is 10.3. The second-order valence-corrected chi connectivity index (χ2v) is 5.27. The lowest BCUT2D eigenvalue weighted by Gasteiger charge is -2.12. The van der Waals surface area contributed by atoms with Crippen LogP contribution in [0, 0.1) is 13.8 Å². The maximum Gasteiger partial charge on any atom is 0.241 e. The third-order valence-corrected chi connectivity index (χ3v) is 4.04. The van der Waals surface area contributed by atoms with Gasteiger partial charge in [0.25, 0.3) is 0 Å². The van der Waals surface area contributed by atoms with E-state index in [2.05, 4.69) is 11.3 Å². The van der Waals surface area contributed by atoms with Crippen molar-refractivity contribution in [3.8, 4) is 0 Å². The molecular weight excluding hydrogens is 224 g/mol. The first kappa shape index (κ1) is 12.7. The molecule has 1 aromatic carbocycles. The molecular formula is C11H16N2O2S. The maximum atomic E-state index is 12.0. The number of rotatable bonds is 4. The number of nitrogens with one attached hydrogen (secondary N) is 1. The van der Waals surface area contributed by atoms with Crippen molar-refractivity contribution in [3.05, 3.63) is 35.9 Å². The molecule has 0 saturated heterocycles. The Kier molecular flexibility index (Phi) is 3.72. The molecule has 0 aliphatic heterocycles. The van der Waals surface area contributed by atoms with Crippen LogP contribution in [0.2, 0.25) is 0 Å². The molecule has 0 fully saturated rings. The van der Waals surface area contributed by atoms with E-state index in [0.717, 1.165) is 0 Å². The molecule has 0 atom stereocenters. The summed E-state index contributed by atoms with van der Waals surface area (Å²) in [5, 5.41) is 0. The standard InChI is InChI=1S/C11H16N2O2S/c1-4-7-13-16(14,15)11-8(2)5-6-10(12)9(11)3/h4-6,13H,1,7,12H2,2-3H3. The summed E-state index contributed by atoms with van der Waals surface area (Å²) in [5.74, 6) is 0. The summed E-state index contributed by atoms with van der Waals surface area (Å²) in [6, 6.07) is 3.40. The van der Waals surface area contributed by atoms with Crippen LogP contribution in [0.1, 0.15) is 11.1 Å². The molecule has 4 nitrogen and oxygen atoms in total. The Morgan fingerprint density at radius 1 is 1.44 bits per heavy atom. The topological polar surface area (TPSA) is 72.2 Å². The Hall–Kier alpha value is -1.33. The van der Waals surface area contributed by atoms with Gasteiger partial charge in [0.05, 0.1) is 4.90 Å². The number of anilines is 1. The lowest BCUT2D eigenvalue weighted by molar-refractivity contribution is 0.584. The Balaban J connectivity index is 3.32. The number of sulfonamides is 1. The minimum Gasteiger partial charge on any atom is -0.398 e. The van der Waals surface area contributed by atoms with Crippen molar-refractivity contribution in [1.82, 2.24) is 4.72 Å². The zero-order chi connectivity index (χ0) is 12.3. The van der Waals surface area contributed by atoms with Crippen LogP contribution < -0.4 is 10.5 Å². The third-order valence-electron chi connectivity index (χ3n) is 2.33. The molecule has 0 saturated carbocycles. The summed E-state index contributed by atoms with van der Waals surface area (Å²) >= 11 is 0. The van der Waals surface area contributed by atoms with Gasteiger partial charge in [0.15, 0.2) is 0 Å². The number of nitrogens with two attached hydrogens (primary N) is 1. The average molecular weight is 240 g/mol. The van der Waals surface area contributed by atoms with E-state index in [9.17, 15) is 8.42 Å². The molecule has 88 valence electrons. The second kappa shape index (κ2) is 4.67. The van der Waals surface area contributed by atoms with Crippen molar-refractivity contribution >= 4 is 15.7 Å². The predicted molar refractivity (Wildman–Crippen MR) is 65.7 cm³/mol. The normalized spacial score (nSPS) is 11.4. The van der Waals surface area contributed by atoms with Crippen LogP contribution in [-0.4, -0.2) is 15.0 Å². The molecule has 1 rings (SSSR count). The van der Waals surface area contributed by atoms with Gasteiger partial charge in [-0.3, -0.25) is 0 Å². The average Bonchev–Trinajstić information content (AvgIpc) is 2.21. The number of hydrogen-bond donors (Lipinski definition) is 2. The van der Waals surface area contributed by atoms with Crippen LogP contribution in [0.5, 0.6) is 0 Å². The van der Waals surface area contributed by atoms with Crippen LogP contribution >= 0.6 is 0 Å². The van der Waals surface area contributed by atoms with Gasteiger partial charge >= 0.3 is 0 Å². The monoisotopic (exact) mass is 240 g/mol. The van der Waals surface area contributed by atoms with Gasteiger partial charge in [0, 0.05) is 12.2 Å². The molecule has 0 amide bonds. The van der Waals surface area contributed by atoms with Gasteiger partial charge in [-0.1, -0.05) is 12.1 Å². The third kappa shape index (κ3) is 2.43. The first-order chi connectivity index (χ1) is 7.40. The van der Waals surface area contributed by atoms with Gasteiger partial charge in [-0.05, 0) is 31.0 Å². The quantitative estimate of drug-likeness (QED) is 0.616. The van der Waals surface area contributed by atoms with Gasteiger partial charge in [-0.15, -0.1) is 6.58 Å². The molecule has 1 aromatic rings. The van der Waals surface area contributed by atoms with Crippen molar-refractivity contribution in [2.45, 2.75) is 18.7 Å². The van der Waals surface area contributed by atoms with Gasteiger partial charge in [-0.25, -0.2) is 13.1 Å². The summed E-state index contributed by atoms with van der Waals surface area (Å²) in [6.45, 7) is 7.12. The molecule has 0 aliphatic carbocycles. The number of benzene rings is 1. The molecule has 3 N–H and O–H groups in total. The van der Waals surface area contributed by atoms with Gasteiger partial charge in [0.2, 0.25) is 10.0 Å². The second-order valence-electron chi connectivity index (χ2n) is 3.57. The van der Waals surface area contributed by atoms with Crippen molar-refractivity contribution in [3.63, 3.8) is 0 Å². The fourth-order valence-corrected chi connectivity index (χ4v) is 2.99. The van der Waals surface area contributed by atoms with Crippen molar-refractivity contribution < 1.29 is 8.42 Å². The van der Waals surface area contributed by atoms with E-state index in [0.29, 0.717) is 16.8 Å². The predicted octanol–water partition coefficient (Wildman–Crippen LogP) is 1.35. The fourth-order valence-electron chi connectivity index (χ4n) is 1.50. The summed E-state index contributed by atoms with van der Waals surface area (Å²) in [6.07, 6.45) is 1.49. The van der Waals surface area contributed by atoms with E-state index in [1.165, 1.54) is 6.08 Å². The Morgan fingerprint density at radius 3 is 2.62 bits per heavy atom. The van der Waals surface area contributed by atoms with E-state index >= 15 is 0 Å². The Morgan fingerprint density at radius 2 is 2.06 bits per heavy atom. The van der Waals surface area contributed by atoms with Crippen molar-refractivity contribution in [1.29, 1.82) is 0 Å². The fraction of sp³-hybridized carbons (Fsp3) is 0.273. The highest BCUT2D eigenvalue weighted by atomic mass is 32.2. The van der Waals surface area contributed by atoms with Crippen molar-refractivity contribution in [2.75, 3.05) is 12.3 Å². The van der Waals surface area contributed by atoms with E-state index in [1.54, 1.807) is 26.0 Å². The smallest absolute Gasteiger partial charge is 0.241 e. The first-order valence-corrected chi connectivity index (χ1v) is 6.34. The van der Waals surface area contributed by atoms with Gasteiger partial charge in [-0.2, -0.15) is 0 Å². The summed E-state index contributed by atoms with van der Waals surface area (Å²) in [4.78, 5) is 0.259. The zero-order valence-electron chi connectivity index (χ0n) is 9.45. The van der Waals surface area contributed by atoms with Crippen LogP contribution in [-0.2, 0) is 10.0 Å². The lowest BCUT2D eigenvalue weighted by Crippen LogP contribution is -2.25. The Labute approximate surface area is 96.2 Å². The van der Waals surface area contributed by atoms with Crippen LogP contribution in [0.3, 0.4) is 0 Å². The molecule has 0 unspecified atom stereocenters. The number of aryl methyl sites for hydroxylation is 1. The summed E-state index contributed by atoms with van der Waals surface area (Å²) < 4.78 is 26.4. The first-order valence-electron chi connectivity index (χ1n) is 4.86. The Bertz CT molecular complexity index is 507. The molecule has 0 radical (unpaired) electrons. The van der Waals surface area contributed by atoms with E-state index in [1.807, 2.05) is 0 Å². The van der Waals surface area contributed by atoms with Crippen LogP contribution in [0.15, 0.2) is 29.7 Å². The molecule has 0 spiro atoms. The molecule has 16 heavy (non-hydrogen) atoms. The van der Waals surface area contributed by atoms with Gasteiger partial charge < -0.3 is 5.73 Å². The maximum absolute atomic E-state index is 12.0. The van der Waals surface area contributed by atoms with Gasteiger partial charge in [0.1, 0.15) is 0 Å². The van der Waals surface area contributed by atoms with E-state index in [4.69, 9.17) is 5.73 Å². The lowest BCUT2D eigenvalue weighted by atomic mass is 10.1. The highest BCUT2D eigenvalue weighted by Gasteiger charge is 2.19. The van der Waals surface area contributed by atoms with E-state index in [-0.39, 0.29) is 11.4 Å². The number of nitrogen functional groups attached to an aromatic ring is 1. The van der Waals surface area contributed by atoms with Crippen LogP contribution in [0.4, 0.5) is 5.69 Å². The molecule has 0 aromatic heterocycles. The number of hydrogen-bond acceptors (Lipinski definition) is 3. The minimum absolute atomic E-state index is 0.204. The summed E-state index contributed by atoms with van der Waals surface area (Å²) in [7, 11) is -3.51. The molecule has 5 heteroatoms. The molecule has 0 aliphatic rings. The SMILES string of the molecule is C=CCNS(=O)(=O)c1c(C)ccc(N)c1C. The van der Waals surface area contributed by atoms with E-state index < -0.39 is 10.0 Å². The van der Waals surface area contributed by atoms with Crippen LogP contribution in [0.25, 0.3) is 0 Å². The summed E-state index contributed by atoms with van der Waals surface area (Å²) in [5.41, 5.74) is 7.44. The minimum atomic E-state index is -3.51. The molecule has 0 bridgehead atoms. The largest absolute Gasteiger partial charge is 0.398 e. The molecule has 0 heterocycles. The van der Waals surface area contributed by atoms with Crippen molar-refractivity contribution in [2.24, 2.45) is 0 Å².